The zero-order valence-electron chi connectivity index (χ0n) is 13.1. The van der Waals surface area contributed by atoms with E-state index in [0.717, 1.165) is 34.1 Å². The summed E-state index contributed by atoms with van der Waals surface area (Å²) in [5.74, 6) is 3.38. The molecular weight excluding hydrogens is 298 g/mol. The Bertz CT molecular complexity index is 779. The number of aromatic nitrogens is 4. The summed E-state index contributed by atoms with van der Waals surface area (Å²) in [5.41, 5.74) is 0. The molecule has 0 amide bonds. The van der Waals surface area contributed by atoms with E-state index in [0.29, 0.717) is 11.8 Å². The molecule has 0 aliphatic rings. The van der Waals surface area contributed by atoms with Gasteiger partial charge in [-0.05, 0) is 31.2 Å². The molecule has 3 heterocycles. The van der Waals surface area contributed by atoms with Crippen LogP contribution >= 0.6 is 11.3 Å². The molecule has 1 unspecified atom stereocenters. The van der Waals surface area contributed by atoms with Crippen LogP contribution in [0.4, 0.5) is 5.82 Å². The fourth-order valence-electron chi connectivity index (χ4n) is 2.23. The first kappa shape index (κ1) is 14.9. The number of nitrogens with one attached hydrogen (secondary N) is 1. The molecule has 0 aliphatic carbocycles. The Morgan fingerprint density at radius 3 is 2.82 bits per heavy atom. The van der Waals surface area contributed by atoms with Crippen LogP contribution in [0, 0.1) is 12.8 Å². The number of thiophene rings is 1. The molecule has 3 rings (SSSR count). The van der Waals surface area contributed by atoms with Crippen LogP contribution in [0.5, 0.6) is 0 Å². The van der Waals surface area contributed by atoms with Gasteiger partial charge in [0.25, 0.3) is 0 Å². The van der Waals surface area contributed by atoms with E-state index in [1.165, 1.54) is 0 Å². The summed E-state index contributed by atoms with van der Waals surface area (Å²) >= 11 is 1.61. The van der Waals surface area contributed by atoms with Crippen molar-refractivity contribution >= 4 is 27.4 Å². The van der Waals surface area contributed by atoms with Crippen molar-refractivity contribution in [3.05, 3.63) is 29.0 Å². The SMILES string of the molecule is Cc1nc(NC(C)c2nc(CC(C)C)no2)c2ccsc2n1. The monoisotopic (exact) mass is 317 g/mol. The molecule has 116 valence electrons. The molecule has 0 saturated carbocycles. The molecule has 0 spiro atoms. The number of hydrogen-bond donors (Lipinski definition) is 1. The van der Waals surface area contributed by atoms with E-state index in [4.69, 9.17) is 4.52 Å². The standard InChI is InChI=1S/C15H19N5OS/c1-8(2)7-12-19-14(21-20-12)9(3)16-13-11-5-6-22-15(11)18-10(4)17-13/h5-6,8-9H,7H2,1-4H3,(H,16,17,18). The minimum Gasteiger partial charge on any atom is -0.358 e. The van der Waals surface area contributed by atoms with Gasteiger partial charge in [0, 0.05) is 6.42 Å². The first-order valence-corrected chi connectivity index (χ1v) is 8.21. The Hall–Kier alpha value is -2.02. The normalized spacial score (nSPS) is 13.0. The van der Waals surface area contributed by atoms with Crippen molar-refractivity contribution < 1.29 is 4.52 Å². The second kappa shape index (κ2) is 6.00. The topological polar surface area (TPSA) is 76.7 Å². The van der Waals surface area contributed by atoms with Gasteiger partial charge in [-0.1, -0.05) is 19.0 Å². The van der Waals surface area contributed by atoms with Crippen LogP contribution in [0.15, 0.2) is 16.0 Å². The van der Waals surface area contributed by atoms with Crippen LogP contribution in [-0.2, 0) is 6.42 Å². The van der Waals surface area contributed by atoms with Gasteiger partial charge in [0.2, 0.25) is 5.89 Å². The number of anilines is 1. The number of hydrogen-bond acceptors (Lipinski definition) is 7. The third kappa shape index (κ3) is 3.09. The van der Waals surface area contributed by atoms with E-state index in [1.54, 1.807) is 11.3 Å². The molecule has 22 heavy (non-hydrogen) atoms. The number of fused-ring (bicyclic) bond motifs is 1. The molecule has 1 N–H and O–H groups in total. The molecule has 0 saturated heterocycles. The molecule has 0 aliphatic heterocycles. The highest BCUT2D eigenvalue weighted by Crippen LogP contribution is 2.27. The van der Waals surface area contributed by atoms with Gasteiger partial charge in [-0.15, -0.1) is 11.3 Å². The molecule has 7 heteroatoms. The summed E-state index contributed by atoms with van der Waals surface area (Å²) in [6, 6.07) is 1.91. The van der Waals surface area contributed by atoms with Crippen LogP contribution in [0.2, 0.25) is 0 Å². The van der Waals surface area contributed by atoms with Gasteiger partial charge >= 0.3 is 0 Å². The van der Waals surface area contributed by atoms with Crippen molar-refractivity contribution in [1.29, 1.82) is 0 Å². The summed E-state index contributed by atoms with van der Waals surface area (Å²) in [7, 11) is 0. The van der Waals surface area contributed by atoms with E-state index in [9.17, 15) is 0 Å². The predicted molar refractivity (Wildman–Crippen MR) is 87.0 cm³/mol. The minimum atomic E-state index is -0.106. The van der Waals surface area contributed by atoms with Gasteiger partial charge in [0.1, 0.15) is 22.5 Å². The van der Waals surface area contributed by atoms with Crippen LogP contribution < -0.4 is 5.32 Å². The van der Waals surface area contributed by atoms with Crippen LogP contribution in [-0.4, -0.2) is 20.1 Å². The fourth-order valence-corrected chi connectivity index (χ4v) is 3.04. The number of aryl methyl sites for hydroxylation is 1. The van der Waals surface area contributed by atoms with Gasteiger partial charge in [0.05, 0.1) is 5.39 Å². The van der Waals surface area contributed by atoms with Crippen molar-refractivity contribution in [1.82, 2.24) is 20.1 Å². The van der Waals surface area contributed by atoms with E-state index in [2.05, 4.69) is 39.3 Å². The lowest BCUT2D eigenvalue weighted by Crippen LogP contribution is -2.09. The van der Waals surface area contributed by atoms with Crippen LogP contribution in [0.1, 0.15) is 44.4 Å². The summed E-state index contributed by atoms with van der Waals surface area (Å²) in [6.07, 6.45) is 0.817. The van der Waals surface area contributed by atoms with Crippen molar-refractivity contribution in [3.8, 4) is 0 Å². The molecule has 0 radical (unpaired) electrons. The van der Waals surface area contributed by atoms with Gasteiger partial charge in [-0.3, -0.25) is 0 Å². The minimum absolute atomic E-state index is 0.106. The van der Waals surface area contributed by atoms with Gasteiger partial charge < -0.3 is 9.84 Å². The van der Waals surface area contributed by atoms with Crippen LogP contribution in [0.3, 0.4) is 0 Å². The fraction of sp³-hybridized carbons (Fsp3) is 0.467. The zero-order valence-corrected chi connectivity index (χ0v) is 13.9. The smallest absolute Gasteiger partial charge is 0.248 e. The number of nitrogens with zero attached hydrogens (tertiary/aromatic N) is 4. The van der Waals surface area contributed by atoms with Crippen molar-refractivity contribution in [3.63, 3.8) is 0 Å². The Morgan fingerprint density at radius 1 is 1.23 bits per heavy atom. The molecule has 1 atom stereocenters. The van der Waals surface area contributed by atoms with Crippen molar-refractivity contribution in [2.75, 3.05) is 5.32 Å². The lowest BCUT2D eigenvalue weighted by Gasteiger charge is -2.11. The van der Waals surface area contributed by atoms with Crippen molar-refractivity contribution in [2.45, 2.75) is 40.2 Å². The Labute approximate surface area is 133 Å². The summed E-state index contributed by atoms with van der Waals surface area (Å²) in [4.78, 5) is 14.4. The molecule has 0 aromatic carbocycles. The van der Waals surface area contributed by atoms with E-state index >= 15 is 0 Å². The Kier molecular flexibility index (Phi) is 4.06. The Balaban J connectivity index is 1.82. The maximum Gasteiger partial charge on any atom is 0.248 e. The van der Waals surface area contributed by atoms with Gasteiger partial charge in [-0.2, -0.15) is 4.98 Å². The zero-order chi connectivity index (χ0) is 15.7. The maximum atomic E-state index is 5.36. The van der Waals surface area contributed by atoms with E-state index in [-0.39, 0.29) is 6.04 Å². The average Bonchev–Trinajstić information content (AvgIpc) is 3.06. The van der Waals surface area contributed by atoms with Crippen LogP contribution in [0.25, 0.3) is 10.2 Å². The number of rotatable bonds is 5. The first-order chi connectivity index (χ1) is 10.5. The molecule has 3 aromatic heterocycles. The predicted octanol–water partition coefficient (Wildman–Crippen LogP) is 3.75. The lowest BCUT2D eigenvalue weighted by molar-refractivity contribution is 0.361. The molecule has 0 bridgehead atoms. The first-order valence-electron chi connectivity index (χ1n) is 7.33. The van der Waals surface area contributed by atoms with Gasteiger partial charge in [-0.25, -0.2) is 9.97 Å². The highest BCUT2D eigenvalue weighted by atomic mass is 32.1. The third-order valence-corrected chi connectivity index (χ3v) is 4.04. The maximum absolute atomic E-state index is 5.36. The average molecular weight is 317 g/mol. The molecule has 0 fully saturated rings. The summed E-state index contributed by atoms with van der Waals surface area (Å²) < 4.78 is 5.36. The second-order valence-electron chi connectivity index (χ2n) is 5.77. The van der Waals surface area contributed by atoms with E-state index in [1.807, 2.05) is 25.3 Å². The van der Waals surface area contributed by atoms with Crippen molar-refractivity contribution in [2.24, 2.45) is 5.92 Å². The van der Waals surface area contributed by atoms with E-state index < -0.39 is 0 Å². The van der Waals surface area contributed by atoms with Gasteiger partial charge in [0.15, 0.2) is 5.82 Å². The second-order valence-corrected chi connectivity index (χ2v) is 6.67. The largest absolute Gasteiger partial charge is 0.358 e. The highest BCUT2D eigenvalue weighted by molar-refractivity contribution is 7.16. The Morgan fingerprint density at radius 2 is 2.05 bits per heavy atom. The molecule has 3 aromatic rings. The highest BCUT2D eigenvalue weighted by Gasteiger charge is 2.17. The lowest BCUT2D eigenvalue weighted by atomic mass is 10.1. The summed E-state index contributed by atoms with van der Waals surface area (Å²) in [5, 5.41) is 10.4. The quantitative estimate of drug-likeness (QED) is 0.772. The summed E-state index contributed by atoms with van der Waals surface area (Å²) in [6.45, 7) is 8.15. The molecule has 6 nitrogen and oxygen atoms in total. The molecular formula is C15H19N5OS. The third-order valence-electron chi connectivity index (χ3n) is 3.24.